The summed E-state index contributed by atoms with van der Waals surface area (Å²) in [6.07, 6.45) is 2.74. The molecule has 4 heteroatoms. The molecule has 0 bridgehead atoms. The molecule has 1 aliphatic rings. The van der Waals surface area contributed by atoms with E-state index in [0.717, 1.165) is 24.1 Å². The minimum absolute atomic E-state index is 0.339. The second-order valence-corrected chi connectivity index (χ2v) is 5.12. The Morgan fingerprint density at radius 2 is 2.33 bits per heavy atom. The Balaban J connectivity index is 1.83. The lowest BCUT2D eigenvalue weighted by molar-refractivity contribution is 0.0599. The molecule has 1 N–H and O–H groups in total. The lowest BCUT2D eigenvalue weighted by atomic mass is 10.1. The van der Waals surface area contributed by atoms with Crippen molar-refractivity contribution in [3.05, 3.63) is 23.2 Å². The Labute approximate surface area is 108 Å². The minimum Gasteiger partial charge on any atom is -0.465 e. The largest absolute Gasteiger partial charge is 0.465 e. The summed E-state index contributed by atoms with van der Waals surface area (Å²) in [5, 5.41) is 3.37. The minimum atomic E-state index is -0.339. The van der Waals surface area contributed by atoms with Crippen LogP contribution < -0.4 is 5.32 Å². The van der Waals surface area contributed by atoms with E-state index in [1.165, 1.54) is 20.0 Å². The fourth-order valence-corrected chi connectivity index (χ4v) is 2.20. The van der Waals surface area contributed by atoms with Crippen molar-refractivity contribution in [2.75, 3.05) is 13.7 Å². The predicted molar refractivity (Wildman–Crippen MR) is 68.4 cm³/mol. The molecule has 1 atom stereocenters. The van der Waals surface area contributed by atoms with Gasteiger partial charge < -0.3 is 14.5 Å². The van der Waals surface area contributed by atoms with Gasteiger partial charge in [-0.25, -0.2) is 4.79 Å². The zero-order valence-corrected chi connectivity index (χ0v) is 11.3. The molecule has 1 aromatic heterocycles. The van der Waals surface area contributed by atoms with Gasteiger partial charge in [-0.1, -0.05) is 6.92 Å². The Morgan fingerprint density at radius 1 is 1.61 bits per heavy atom. The molecule has 1 unspecified atom stereocenters. The van der Waals surface area contributed by atoms with Crippen LogP contribution in [-0.2, 0) is 11.3 Å². The van der Waals surface area contributed by atoms with Crippen LogP contribution in [0.2, 0.25) is 0 Å². The number of ether oxygens (including phenoxy) is 1. The maximum Gasteiger partial charge on any atom is 0.341 e. The van der Waals surface area contributed by atoms with Crippen molar-refractivity contribution in [2.24, 2.45) is 11.8 Å². The van der Waals surface area contributed by atoms with Crippen LogP contribution >= 0.6 is 0 Å². The molecule has 1 saturated carbocycles. The Kier molecular flexibility index (Phi) is 4.07. The summed E-state index contributed by atoms with van der Waals surface area (Å²) < 4.78 is 10.2. The summed E-state index contributed by atoms with van der Waals surface area (Å²) in [7, 11) is 1.38. The van der Waals surface area contributed by atoms with Gasteiger partial charge in [-0.05, 0) is 44.2 Å². The first-order valence-corrected chi connectivity index (χ1v) is 6.50. The van der Waals surface area contributed by atoms with Crippen LogP contribution in [0.5, 0.6) is 0 Å². The van der Waals surface area contributed by atoms with Crippen molar-refractivity contribution >= 4 is 5.97 Å². The quantitative estimate of drug-likeness (QED) is 0.789. The average molecular weight is 251 g/mol. The van der Waals surface area contributed by atoms with Crippen LogP contribution in [0.25, 0.3) is 0 Å². The highest BCUT2D eigenvalue weighted by molar-refractivity contribution is 5.90. The Bertz CT molecular complexity index is 421. The highest BCUT2D eigenvalue weighted by Crippen LogP contribution is 2.36. The topological polar surface area (TPSA) is 51.5 Å². The molecule has 0 radical (unpaired) electrons. The van der Waals surface area contributed by atoms with Gasteiger partial charge in [0.1, 0.15) is 17.1 Å². The van der Waals surface area contributed by atoms with Crippen LogP contribution in [0.1, 0.15) is 41.6 Å². The number of esters is 1. The summed E-state index contributed by atoms with van der Waals surface area (Å²) >= 11 is 0. The monoisotopic (exact) mass is 251 g/mol. The summed E-state index contributed by atoms with van der Waals surface area (Å²) in [6, 6.07) is 1.76. The number of furan rings is 1. The van der Waals surface area contributed by atoms with E-state index in [1.54, 1.807) is 13.0 Å². The summed E-state index contributed by atoms with van der Waals surface area (Å²) in [6.45, 7) is 5.72. The van der Waals surface area contributed by atoms with Gasteiger partial charge >= 0.3 is 5.97 Å². The molecule has 100 valence electrons. The number of carbonyl (C=O) groups is 1. The molecular weight excluding hydrogens is 230 g/mol. The fourth-order valence-electron chi connectivity index (χ4n) is 2.20. The molecule has 0 saturated heterocycles. The fraction of sp³-hybridized carbons (Fsp3) is 0.643. The van der Waals surface area contributed by atoms with E-state index in [0.29, 0.717) is 17.9 Å². The van der Waals surface area contributed by atoms with E-state index in [4.69, 9.17) is 9.15 Å². The third kappa shape index (κ3) is 3.13. The summed E-state index contributed by atoms with van der Waals surface area (Å²) in [5.74, 6) is 2.70. The van der Waals surface area contributed by atoms with E-state index < -0.39 is 0 Å². The molecule has 4 nitrogen and oxygen atoms in total. The molecule has 0 aliphatic heterocycles. The van der Waals surface area contributed by atoms with Gasteiger partial charge in [0.05, 0.1) is 13.7 Å². The van der Waals surface area contributed by atoms with Crippen molar-refractivity contribution in [3.63, 3.8) is 0 Å². The van der Waals surface area contributed by atoms with Crippen molar-refractivity contribution < 1.29 is 13.9 Å². The van der Waals surface area contributed by atoms with Crippen molar-refractivity contribution in [1.82, 2.24) is 5.32 Å². The first kappa shape index (κ1) is 13.1. The molecule has 1 fully saturated rings. The van der Waals surface area contributed by atoms with E-state index in [-0.39, 0.29) is 5.97 Å². The molecule has 1 aromatic rings. The summed E-state index contributed by atoms with van der Waals surface area (Å²) in [4.78, 5) is 11.4. The number of hydrogen-bond acceptors (Lipinski definition) is 4. The number of carbonyl (C=O) groups excluding carboxylic acids is 1. The zero-order chi connectivity index (χ0) is 13.1. The van der Waals surface area contributed by atoms with E-state index in [9.17, 15) is 4.79 Å². The normalized spacial score (nSPS) is 16.6. The van der Waals surface area contributed by atoms with Crippen molar-refractivity contribution in [2.45, 2.75) is 33.2 Å². The second-order valence-electron chi connectivity index (χ2n) is 5.12. The summed E-state index contributed by atoms with van der Waals surface area (Å²) in [5.41, 5.74) is 0.518. The van der Waals surface area contributed by atoms with Crippen molar-refractivity contribution in [3.8, 4) is 0 Å². The van der Waals surface area contributed by atoms with Crippen LogP contribution in [0.15, 0.2) is 10.5 Å². The number of hydrogen-bond donors (Lipinski definition) is 1. The maximum atomic E-state index is 11.4. The molecule has 1 heterocycles. The van der Waals surface area contributed by atoms with Crippen molar-refractivity contribution in [1.29, 1.82) is 0 Å². The Hall–Kier alpha value is -1.29. The van der Waals surface area contributed by atoms with Crippen LogP contribution in [0.3, 0.4) is 0 Å². The van der Waals surface area contributed by atoms with Gasteiger partial charge in [-0.15, -0.1) is 0 Å². The molecular formula is C14H21NO3. The predicted octanol–water partition coefficient (Wildman–Crippen LogP) is 2.51. The van der Waals surface area contributed by atoms with E-state index in [2.05, 4.69) is 12.2 Å². The molecule has 0 aromatic carbocycles. The molecule has 2 rings (SSSR count). The van der Waals surface area contributed by atoms with Gasteiger partial charge in [0.25, 0.3) is 0 Å². The lowest BCUT2D eigenvalue weighted by Gasteiger charge is -2.09. The van der Waals surface area contributed by atoms with Crippen LogP contribution in [0, 0.1) is 18.8 Å². The highest BCUT2D eigenvalue weighted by atomic mass is 16.5. The first-order valence-electron chi connectivity index (χ1n) is 6.50. The van der Waals surface area contributed by atoms with Gasteiger partial charge in [0, 0.05) is 0 Å². The van der Waals surface area contributed by atoms with Gasteiger partial charge in [0.15, 0.2) is 0 Å². The standard InChI is InChI=1S/C14H21NO3/c1-9(11-4-5-11)7-15-8-12-6-13(10(2)18-12)14(16)17-3/h6,9,11,15H,4-5,7-8H2,1-3H3. The SMILES string of the molecule is COC(=O)c1cc(CNCC(C)C2CC2)oc1C. The van der Waals surface area contributed by atoms with E-state index >= 15 is 0 Å². The zero-order valence-electron chi connectivity index (χ0n) is 11.3. The molecule has 0 amide bonds. The average Bonchev–Trinajstić information content (AvgIpc) is 3.13. The van der Waals surface area contributed by atoms with Crippen LogP contribution in [0.4, 0.5) is 0 Å². The van der Waals surface area contributed by atoms with Crippen LogP contribution in [-0.4, -0.2) is 19.6 Å². The first-order chi connectivity index (χ1) is 8.61. The maximum absolute atomic E-state index is 11.4. The third-order valence-electron chi connectivity index (χ3n) is 3.57. The second kappa shape index (κ2) is 5.57. The number of methoxy groups -OCH3 is 1. The van der Waals surface area contributed by atoms with Gasteiger partial charge in [-0.2, -0.15) is 0 Å². The molecule has 18 heavy (non-hydrogen) atoms. The lowest BCUT2D eigenvalue weighted by Crippen LogP contribution is -2.21. The number of nitrogens with one attached hydrogen (secondary N) is 1. The Morgan fingerprint density at radius 3 is 2.94 bits per heavy atom. The highest BCUT2D eigenvalue weighted by Gasteiger charge is 2.27. The number of aryl methyl sites for hydroxylation is 1. The van der Waals surface area contributed by atoms with Gasteiger partial charge in [-0.3, -0.25) is 0 Å². The van der Waals surface area contributed by atoms with Gasteiger partial charge in [0.2, 0.25) is 0 Å². The number of rotatable bonds is 6. The van der Waals surface area contributed by atoms with E-state index in [1.807, 2.05) is 0 Å². The third-order valence-corrected chi connectivity index (χ3v) is 3.57. The molecule has 0 spiro atoms. The molecule has 1 aliphatic carbocycles. The smallest absolute Gasteiger partial charge is 0.341 e.